The van der Waals surface area contributed by atoms with Crippen molar-refractivity contribution < 1.29 is 4.39 Å². The Kier molecular flexibility index (Phi) is 2.91. The zero-order valence-electron chi connectivity index (χ0n) is 10.4. The summed E-state index contributed by atoms with van der Waals surface area (Å²) in [5.41, 5.74) is 3.45. The lowest BCUT2D eigenvalue weighted by atomic mass is 10.1. The average molecular weight is 273 g/mol. The van der Waals surface area contributed by atoms with Crippen LogP contribution in [-0.4, -0.2) is 14.5 Å². The fourth-order valence-corrected chi connectivity index (χ4v) is 2.42. The summed E-state index contributed by atoms with van der Waals surface area (Å²) in [7, 11) is 0. The number of halogens is 1. The number of nitrogens with one attached hydrogen (secondary N) is 1. The van der Waals surface area contributed by atoms with E-state index in [2.05, 4.69) is 9.97 Å². The first-order valence-corrected chi connectivity index (χ1v) is 6.34. The molecule has 0 aliphatic rings. The van der Waals surface area contributed by atoms with Crippen molar-refractivity contribution in [3.05, 3.63) is 58.4 Å². The van der Waals surface area contributed by atoms with E-state index in [4.69, 9.17) is 12.2 Å². The van der Waals surface area contributed by atoms with Gasteiger partial charge in [0.25, 0.3) is 0 Å². The Morgan fingerprint density at radius 2 is 2.21 bits per heavy atom. The molecule has 0 atom stereocenters. The molecule has 1 N–H and O–H groups in total. The second-order valence-electron chi connectivity index (χ2n) is 4.45. The smallest absolute Gasteiger partial charge is 0.178 e. The summed E-state index contributed by atoms with van der Waals surface area (Å²) in [4.78, 5) is 6.99. The fraction of sp³-hybridized carbons (Fsp3) is 0.143. The Labute approximate surface area is 114 Å². The first-order chi connectivity index (χ1) is 9.16. The molecule has 0 spiro atoms. The van der Waals surface area contributed by atoms with Crippen LogP contribution in [0.2, 0.25) is 0 Å². The molecule has 0 bridgehead atoms. The van der Waals surface area contributed by atoms with Crippen LogP contribution in [0.15, 0.2) is 36.7 Å². The van der Waals surface area contributed by atoms with E-state index < -0.39 is 0 Å². The van der Waals surface area contributed by atoms with Crippen molar-refractivity contribution in [2.75, 3.05) is 0 Å². The van der Waals surface area contributed by atoms with E-state index >= 15 is 0 Å². The van der Waals surface area contributed by atoms with Crippen molar-refractivity contribution >= 4 is 23.3 Å². The SMILES string of the molecule is Cc1cnccc1Cn1c(=S)[nH]c2c(F)cccc21. The van der Waals surface area contributed by atoms with Crippen LogP contribution in [0.4, 0.5) is 4.39 Å². The maximum atomic E-state index is 13.7. The molecule has 3 aromatic rings. The summed E-state index contributed by atoms with van der Waals surface area (Å²) >= 11 is 5.28. The minimum absolute atomic E-state index is 0.284. The van der Waals surface area contributed by atoms with E-state index in [1.54, 1.807) is 12.3 Å². The molecule has 2 aromatic heterocycles. The quantitative estimate of drug-likeness (QED) is 0.724. The summed E-state index contributed by atoms with van der Waals surface area (Å²) in [6.45, 7) is 2.61. The Balaban J connectivity index is 2.16. The van der Waals surface area contributed by atoms with Gasteiger partial charge in [-0.1, -0.05) is 6.07 Å². The molecule has 96 valence electrons. The number of hydrogen-bond acceptors (Lipinski definition) is 2. The van der Waals surface area contributed by atoms with Crippen molar-refractivity contribution in [2.45, 2.75) is 13.5 Å². The van der Waals surface area contributed by atoms with Gasteiger partial charge in [-0.15, -0.1) is 0 Å². The molecule has 0 amide bonds. The Morgan fingerprint density at radius 1 is 1.37 bits per heavy atom. The molecular weight excluding hydrogens is 261 g/mol. The van der Waals surface area contributed by atoms with Gasteiger partial charge in [-0.3, -0.25) is 4.98 Å². The third-order valence-corrected chi connectivity index (χ3v) is 3.55. The number of pyridine rings is 1. The van der Waals surface area contributed by atoms with Gasteiger partial charge in [-0.25, -0.2) is 4.39 Å². The Morgan fingerprint density at radius 3 is 3.00 bits per heavy atom. The van der Waals surface area contributed by atoms with Crippen LogP contribution in [-0.2, 0) is 6.54 Å². The van der Waals surface area contributed by atoms with Crippen molar-refractivity contribution in [1.29, 1.82) is 0 Å². The number of hydrogen-bond donors (Lipinski definition) is 1. The van der Waals surface area contributed by atoms with Gasteiger partial charge >= 0.3 is 0 Å². The van der Waals surface area contributed by atoms with Crippen molar-refractivity contribution in [3.63, 3.8) is 0 Å². The number of fused-ring (bicyclic) bond motifs is 1. The van der Waals surface area contributed by atoms with Gasteiger partial charge in [0.1, 0.15) is 11.3 Å². The minimum atomic E-state index is -0.284. The number of benzene rings is 1. The van der Waals surface area contributed by atoms with E-state index in [9.17, 15) is 4.39 Å². The highest BCUT2D eigenvalue weighted by Gasteiger charge is 2.09. The number of para-hydroxylation sites is 1. The normalized spacial score (nSPS) is 11.1. The number of aromatic nitrogens is 3. The lowest BCUT2D eigenvalue weighted by Gasteiger charge is -2.07. The molecule has 0 aliphatic carbocycles. The number of nitrogens with zero attached hydrogens (tertiary/aromatic N) is 2. The Hall–Kier alpha value is -2.01. The summed E-state index contributed by atoms with van der Waals surface area (Å²) < 4.78 is 16.1. The second-order valence-corrected chi connectivity index (χ2v) is 4.84. The third kappa shape index (κ3) is 2.06. The molecule has 0 radical (unpaired) electrons. The minimum Gasteiger partial charge on any atom is -0.328 e. The first kappa shape index (κ1) is 12.0. The van der Waals surface area contributed by atoms with Crippen LogP contribution in [0.25, 0.3) is 11.0 Å². The summed E-state index contributed by atoms with van der Waals surface area (Å²) in [6, 6.07) is 6.93. The number of H-pyrrole nitrogens is 1. The van der Waals surface area contributed by atoms with Gasteiger partial charge in [-0.05, 0) is 48.5 Å². The van der Waals surface area contributed by atoms with E-state index in [0.29, 0.717) is 16.8 Å². The molecule has 0 saturated heterocycles. The van der Waals surface area contributed by atoms with E-state index in [1.807, 2.05) is 29.8 Å². The molecule has 0 saturated carbocycles. The number of aromatic amines is 1. The predicted molar refractivity (Wildman–Crippen MR) is 75.2 cm³/mol. The molecular formula is C14H12FN3S. The van der Waals surface area contributed by atoms with Crippen LogP contribution in [0.1, 0.15) is 11.1 Å². The first-order valence-electron chi connectivity index (χ1n) is 5.93. The van der Waals surface area contributed by atoms with E-state index in [1.165, 1.54) is 6.07 Å². The predicted octanol–water partition coefficient (Wildman–Crippen LogP) is 3.59. The van der Waals surface area contributed by atoms with Crippen molar-refractivity contribution in [3.8, 4) is 0 Å². The zero-order valence-corrected chi connectivity index (χ0v) is 11.2. The molecule has 2 heterocycles. The largest absolute Gasteiger partial charge is 0.328 e. The summed E-state index contributed by atoms with van der Waals surface area (Å²) in [5, 5.41) is 0. The standard InChI is InChI=1S/C14H12FN3S/c1-9-7-16-6-5-10(9)8-18-12-4-2-3-11(15)13(12)17-14(18)19/h2-7H,8H2,1H3,(H,17,19). The monoisotopic (exact) mass is 273 g/mol. The van der Waals surface area contributed by atoms with Gasteiger partial charge in [0.2, 0.25) is 0 Å². The molecule has 0 unspecified atom stereocenters. The number of imidazole rings is 1. The highest BCUT2D eigenvalue weighted by Crippen LogP contribution is 2.19. The molecule has 5 heteroatoms. The summed E-state index contributed by atoms with van der Waals surface area (Å²) in [6.07, 6.45) is 3.57. The lowest BCUT2D eigenvalue weighted by molar-refractivity contribution is 0.637. The average Bonchev–Trinajstić information content (AvgIpc) is 2.71. The van der Waals surface area contributed by atoms with Crippen LogP contribution in [0.3, 0.4) is 0 Å². The highest BCUT2D eigenvalue weighted by atomic mass is 32.1. The molecule has 3 nitrogen and oxygen atoms in total. The van der Waals surface area contributed by atoms with Crippen LogP contribution in [0.5, 0.6) is 0 Å². The van der Waals surface area contributed by atoms with Gasteiger partial charge in [-0.2, -0.15) is 0 Å². The molecule has 0 aliphatic heterocycles. The number of rotatable bonds is 2. The Bertz CT molecular complexity index is 804. The van der Waals surface area contributed by atoms with Crippen LogP contribution in [0, 0.1) is 17.5 Å². The third-order valence-electron chi connectivity index (χ3n) is 3.22. The van der Waals surface area contributed by atoms with Crippen molar-refractivity contribution in [1.82, 2.24) is 14.5 Å². The van der Waals surface area contributed by atoms with Gasteiger partial charge in [0.15, 0.2) is 4.77 Å². The summed E-state index contributed by atoms with van der Waals surface area (Å²) in [5.74, 6) is -0.284. The molecule has 3 rings (SSSR count). The number of aryl methyl sites for hydroxylation is 1. The van der Waals surface area contributed by atoms with Crippen LogP contribution < -0.4 is 0 Å². The van der Waals surface area contributed by atoms with Crippen LogP contribution >= 0.6 is 12.2 Å². The molecule has 19 heavy (non-hydrogen) atoms. The van der Waals surface area contributed by atoms with E-state index in [0.717, 1.165) is 16.6 Å². The van der Waals surface area contributed by atoms with Crippen molar-refractivity contribution in [2.24, 2.45) is 0 Å². The topological polar surface area (TPSA) is 33.6 Å². The zero-order chi connectivity index (χ0) is 13.4. The molecule has 1 aromatic carbocycles. The van der Waals surface area contributed by atoms with E-state index in [-0.39, 0.29) is 5.82 Å². The fourth-order valence-electron chi connectivity index (χ4n) is 2.15. The van der Waals surface area contributed by atoms with Gasteiger partial charge < -0.3 is 9.55 Å². The second kappa shape index (κ2) is 4.59. The lowest BCUT2D eigenvalue weighted by Crippen LogP contribution is -2.01. The maximum absolute atomic E-state index is 13.7. The molecule has 0 fully saturated rings. The maximum Gasteiger partial charge on any atom is 0.178 e. The van der Waals surface area contributed by atoms with Gasteiger partial charge in [0.05, 0.1) is 12.1 Å². The highest BCUT2D eigenvalue weighted by molar-refractivity contribution is 7.71. The van der Waals surface area contributed by atoms with Gasteiger partial charge in [0, 0.05) is 12.4 Å².